The van der Waals surface area contributed by atoms with Gasteiger partial charge >= 0.3 is 0 Å². The Bertz CT molecular complexity index is 789. The quantitative estimate of drug-likeness (QED) is 0.804. The van der Waals surface area contributed by atoms with E-state index in [9.17, 15) is 4.79 Å². The van der Waals surface area contributed by atoms with Gasteiger partial charge in [-0.15, -0.1) is 22.7 Å². The Hall–Kier alpha value is -1.57. The Morgan fingerprint density at radius 2 is 2.25 bits per heavy atom. The molecule has 5 nitrogen and oxygen atoms in total. The van der Waals surface area contributed by atoms with Gasteiger partial charge in [0.2, 0.25) is 0 Å². The summed E-state index contributed by atoms with van der Waals surface area (Å²) in [6.07, 6.45) is 1.90. The molecule has 7 heteroatoms. The summed E-state index contributed by atoms with van der Waals surface area (Å²) < 4.78 is 0.689. The summed E-state index contributed by atoms with van der Waals surface area (Å²) in [5.74, 6) is 0.699. The molecule has 0 aromatic carbocycles. The first-order valence-electron chi connectivity index (χ1n) is 6.18. The Morgan fingerprint density at radius 3 is 3.00 bits per heavy atom. The fourth-order valence-corrected chi connectivity index (χ4v) is 3.65. The zero-order valence-corrected chi connectivity index (χ0v) is 12.8. The molecule has 1 N–H and O–H groups in total. The minimum Gasteiger partial charge on any atom is -0.308 e. The van der Waals surface area contributed by atoms with E-state index < -0.39 is 0 Å². The molecule has 3 aromatic heterocycles. The highest BCUT2D eigenvalue weighted by atomic mass is 32.1. The van der Waals surface area contributed by atoms with E-state index in [1.807, 2.05) is 31.6 Å². The molecule has 104 valence electrons. The molecule has 0 amide bonds. The van der Waals surface area contributed by atoms with E-state index in [0.29, 0.717) is 17.1 Å². The molecule has 0 saturated carbocycles. The topological polar surface area (TPSA) is 61.9 Å². The minimum absolute atomic E-state index is 0.0537. The third-order valence-corrected chi connectivity index (χ3v) is 4.68. The molecule has 0 bridgehead atoms. The molecule has 0 aliphatic rings. The molecule has 3 rings (SSSR count). The van der Waals surface area contributed by atoms with Crippen molar-refractivity contribution in [1.29, 1.82) is 0 Å². The monoisotopic (exact) mass is 306 g/mol. The fourth-order valence-electron chi connectivity index (χ4n) is 2.05. The van der Waals surface area contributed by atoms with Crippen molar-refractivity contribution < 1.29 is 0 Å². The van der Waals surface area contributed by atoms with Crippen molar-refractivity contribution in [2.24, 2.45) is 0 Å². The van der Waals surface area contributed by atoms with Crippen LogP contribution in [-0.4, -0.2) is 26.9 Å². The number of nitrogens with one attached hydrogen (secondary N) is 1. The van der Waals surface area contributed by atoms with Crippen molar-refractivity contribution in [3.8, 4) is 0 Å². The van der Waals surface area contributed by atoms with Crippen molar-refractivity contribution in [3.63, 3.8) is 0 Å². The average Bonchev–Trinajstić information content (AvgIpc) is 2.98. The average molecular weight is 306 g/mol. The number of thiophene rings is 1. The summed E-state index contributed by atoms with van der Waals surface area (Å²) in [6.45, 7) is 3.41. The normalized spacial score (nSPS) is 11.6. The van der Waals surface area contributed by atoms with Gasteiger partial charge in [0.15, 0.2) is 0 Å². The van der Waals surface area contributed by atoms with Crippen LogP contribution in [0.2, 0.25) is 0 Å². The molecule has 3 aromatic rings. The molecular formula is C13H14N4OS2. The standard InChI is InChI=1S/C13H14N4OS2/c1-8-14-5-9(20-8)6-17(2)7-11-15-10-3-4-19-12(10)13(18)16-11/h3-5H,6-7H2,1-2H3,(H,15,16,18). The predicted octanol–water partition coefficient (Wildman–Crippen LogP) is 2.38. The fraction of sp³-hybridized carbons (Fsp3) is 0.308. The van der Waals surface area contributed by atoms with Gasteiger partial charge in [-0.3, -0.25) is 9.69 Å². The predicted molar refractivity (Wildman–Crippen MR) is 82.3 cm³/mol. The number of aromatic nitrogens is 3. The van der Waals surface area contributed by atoms with Crippen LogP contribution in [0.1, 0.15) is 15.7 Å². The van der Waals surface area contributed by atoms with Gasteiger partial charge in [0.1, 0.15) is 10.5 Å². The molecule has 0 unspecified atom stereocenters. The molecule has 0 spiro atoms. The highest BCUT2D eigenvalue weighted by molar-refractivity contribution is 7.17. The number of nitrogens with zero attached hydrogens (tertiary/aromatic N) is 3. The second-order valence-electron chi connectivity index (χ2n) is 4.67. The zero-order valence-electron chi connectivity index (χ0n) is 11.2. The lowest BCUT2D eigenvalue weighted by Crippen LogP contribution is -2.21. The lowest BCUT2D eigenvalue weighted by Gasteiger charge is -2.14. The Balaban J connectivity index is 1.76. The SMILES string of the molecule is Cc1ncc(CN(C)Cc2nc3ccsc3c(=O)[nH]2)s1. The second kappa shape index (κ2) is 5.43. The van der Waals surface area contributed by atoms with E-state index >= 15 is 0 Å². The smallest absolute Gasteiger partial charge is 0.268 e. The zero-order chi connectivity index (χ0) is 14.1. The van der Waals surface area contributed by atoms with Gasteiger partial charge in [-0.05, 0) is 25.4 Å². The van der Waals surface area contributed by atoms with Gasteiger partial charge in [-0.2, -0.15) is 0 Å². The summed E-state index contributed by atoms with van der Waals surface area (Å²) in [5, 5.41) is 2.96. The maximum atomic E-state index is 11.9. The van der Waals surface area contributed by atoms with Crippen molar-refractivity contribution in [1.82, 2.24) is 19.9 Å². The van der Waals surface area contributed by atoms with Crippen LogP contribution in [0.25, 0.3) is 10.2 Å². The van der Waals surface area contributed by atoms with E-state index in [1.54, 1.807) is 11.3 Å². The molecule has 0 aliphatic heterocycles. The molecule has 0 fully saturated rings. The number of H-pyrrole nitrogens is 1. The summed E-state index contributed by atoms with van der Waals surface area (Å²) >= 11 is 3.11. The number of aryl methyl sites for hydroxylation is 1. The Morgan fingerprint density at radius 1 is 1.40 bits per heavy atom. The number of aromatic amines is 1. The van der Waals surface area contributed by atoms with Gasteiger partial charge in [0.25, 0.3) is 5.56 Å². The van der Waals surface area contributed by atoms with Crippen molar-refractivity contribution in [2.45, 2.75) is 20.0 Å². The van der Waals surface area contributed by atoms with E-state index in [-0.39, 0.29) is 5.56 Å². The highest BCUT2D eigenvalue weighted by Gasteiger charge is 2.09. The van der Waals surface area contributed by atoms with Crippen molar-refractivity contribution in [3.05, 3.63) is 43.7 Å². The van der Waals surface area contributed by atoms with Crippen molar-refractivity contribution in [2.75, 3.05) is 7.05 Å². The summed E-state index contributed by atoms with van der Waals surface area (Å²) in [6, 6.07) is 1.88. The van der Waals surface area contributed by atoms with Gasteiger partial charge < -0.3 is 4.98 Å². The van der Waals surface area contributed by atoms with Crippen LogP contribution in [-0.2, 0) is 13.1 Å². The number of fused-ring (bicyclic) bond motifs is 1. The lowest BCUT2D eigenvalue weighted by atomic mass is 10.4. The van der Waals surface area contributed by atoms with Crippen LogP contribution in [0, 0.1) is 6.92 Å². The number of thiazole rings is 1. The molecule has 0 atom stereocenters. The van der Waals surface area contributed by atoms with Crippen LogP contribution < -0.4 is 5.56 Å². The first kappa shape index (κ1) is 13.4. The molecular weight excluding hydrogens is 292 g/mol. The van der Waals surface area contributed by atoms with Crippen LogP contribution in [0.3, 0.4) is 0 Å². The number of rotatable bonds is 4. The first-order valence-corrected chi connectivity index (χ1v) is 7.87. The summed E-state index contributed by atoms with van der Waals surface area (Å²) in [7, 11) is 2.01. The first-order chi connectivity index (χ1) is 9.61. The molecule has 0 saturated heterocycles. The molecule has 3 heterocycles. The van der Waals surface area contributed by atoms with Crippen LogP contribution in [0.15, 0.2) is 22.4 Å². The lowest BCUT2D eigenvalue weighted by molar-refractivity contribution is 0.313. The molecule has 0 aliphatic carbocycles. The molecule has 0 radical (unpaired) electrons. The van der Waals surface area contributed by atoms with Gasteiger partial charge in [-0.25, -0.2) is 9.97 Å². The van der Waals surface area contributed by atoms with Gasteiger partial charge in [-0.1, -0.05) is 0 Å². The van der Waals surface area contributed by atoms with E-state index in [2.05, 4.69) is 19.9 Å². The summed E-state index contributed by atoms with van der Waals surface area (Å²) in [4.78, 5) is 26.8. The van der Waals surface area contributed by atoms with Crippen LogP contribution in [0.4, 0.5) is 0 Å². The van der Waals surface area contributed by atoms with Crippen molar-refractivity contribution >= 4 is 32.9 Å². The second-order valence-corrected chi connectivity index (χ2v) is 6.90. The highest BCUT2D eigenvalue weighted by Crippen LogP contribution is 2.16. The maximum absolute atomic E-state index is 11.9. The van der Waals surface area contributed by atoms with Crippen LogP contribution >= 0.6 is 22.7 Å². The van der Waals surface area contributed by atoms with Crippen LogP contribution in [0.5, 0.6) is 0 Å². The van der Waals surface area contributed by atoms with E-state index in [0.717, 1.165) is 17.1 Å². The van der Waals surface area contributed by atoms with Gasteiger partial charge in [0.05, 0.1) is 17.1 Å². The third-order valence-electron chi connectivity index (χ3n) is 2.88. The number of hydrogen-bond acceptors (Lipinski definition) is 6. The summed E-state index contributed by atoms with van der Waals surface area (Å²) in [5.41, 5.74) is 0.720. The van der Waals surface area contributed by atoms with Gasteiger partial charge in [0, 0.05) is 17.6 Å². The third kappa shape index (κ3) is 2.79. The number of hydrogen-bond donors (Lipinski definition) is 1. The Labute approximate surface area is 123 Å². The molecule has 20 heavy (non-hydrogen) atoms. The minimum atomic E-state index is -0.0537. The largest absolute Gasteiger partial charge is 0.308 e. The van der Waals surface area contributed by atoms with E-state index in [1.165, 1.54) is 16.2 Å². The Kier molecular flexibility index (Phi) is 3.64. The maximum Gasteiger partial charge on any atom is 0.268 e. The van der Waals surface area contributed by atoms with E-state index in [4.69, 9.17) is 0 Å².